The Labute approximate surface area is 158 Å². The van der Waals surface area contributed by atoms with Crippen LogP contribution in [-0.2, 0) is 17.9 Å². The largest absolute Gasteiger partial charge is 0.350 e. The van der Waals surface area contributed by atoms with Crippen LogP contribution in [0.3, 0.4) is 0 Å². The molecule has 2 aromatic rings. The lowest BCUT2D eigenvalue weighted by atomic mass is 10.2. The Morgan fingerprint density at radius 2 is 1.73 bits per heavy atom. The summed E-state index contributed by atoms with van der Waals surface area (Å²) < 4.78 is 0. The number of rotatable bonds is 5. The fraction of sp³-hybridized carbons (Fsp3) is 0.300. The normalized spacial score (nSPS) is 16.3. The number of carbonyl (C=O) groups is 2. The molecule has 0 radical (unpaired) electrons. The number of hydrogen-bond acceptors (Lipinski definition) is 2. The van der Waals surface area contributed by atoms with Crippen molar-refractivity contribution < 1.29 is 9.59 Å². The number of nitrogens with zero attached hydrogens (tertiary/aromatic N) is 1. The number of amides is 3. The minimum atomic E-state index is -0.437. The van der Waals surface area contributed by atoms with Crippen LogP contribution in [0.1, 0.15) is 24.0 Å². The Kier molecular flexibility index (Phi) is 6.12. The molecule has 1 atom stereocenters. The Morgan fingerprint density at radius 3 is 2.50 bits per heavy atom. The second-order valence-electron chi connectivity index (χ2n) is 6.30. The Morgan fingerprint density at radius 1 is 1.00 bits per heavy atom. The third kappa shape index (κ3) is 4.55. The zero-order chi connectivity index (χ0) is 18.4. The number of halogens is 1. The van der Waals surface area contributed by atoms with Gasteiger partial charge in [0.25, 0.3) is 0 Å². The van der Waals surface area contributed by atoms with Gasteiger partial charge in [-0.2, -0.15) is 0 Å². The first-order valence-corrected chi connectivity index (χ1v) is 9.12. The molecule has 1 aliphatic rings. The van der Waals surface area contributed by atoms with Crippen molar-refractivity contribution in [3.63, 3.8) is 0 Å². The highest BCUT2D eigenvalue weighted by atomic mass is 35.5. The average Bonchev–Trinajstić information content (AvgIpc) is 3.16. The Hall–Kier alpha value is -2.53. The summed E-state index contributed by atoms with van der Waals surface area (Å²) in [6.45, 7) is 1.39. The molecule has 26 heavy (non-hydrogen) atoms. The topological polar surface area (TPSA) is 61.4 Å². The monoisotopic (exact) mass is 371 g/mol. The summed E-state index contributed by atoms with van der Waals surface area (Å²) in [6.07, 6.45) is 1.50. The maximum absolute atomic E-state index is 12.5. The van der Waals surface area contributed by atoms with Crippen molar-refractivity contribution in [2.45, 2.75) is 32.0 Å². The molecule has 1 heterocycles. The zero-order valence-corrected chi connectivity index (χ0v) is 15.2. The Balaban J connectivity index is 1.54. The number of urea groups is 1. The summed E-state index contributed by atoms with van der Waals surface area (Å²) >= 11 is 6.12. The standard InChI is InChI=1S/C20H22ClN3O2/c21-17-10-5-4-9-16(17)14-22-19(25)18-11-6-12-24(18)20(26)23-13-15-7-2-1-3-8-15/h1-5,7-10,18H,6,11-14H2,(H,22,25)(H,23,26)/t18-/m0/s1. The van der Waals surface area contributed by atoms with E-state index >= 15 is 0 Å². The van der Waals surface area contributed by atoms with Crippen molar-refractivity contribution in [3.05, 3.63) is 70.7 Å². The van der Waals surface area contributed by atoms with Gasteiger partial charge in [-0.15, -0.1) is 0 Å². The summed E-state index contributed by atoms with van der Waals surface area (Å²) in [5.41, 5.74) is 1.89. The van der Waals surface area contributed by atoms with Crippen LogP contribution < -0.4 is 10.6 Å². The molecule has 0 unspecified atom stereocenters. The van der Waals surface area contributed by atoms with Crippen LogP contribution in [0.2, 0.25) is 5.02 Å². The maximum atomic E-state index is 12.5. The van der Waals surface area contributed by atoms with Crippen molar-refractivity contribution in [2.24, 2.45) is 0 Å². The first kappa shape index (κ1) is 18.3. The van der Waals surface area contributed by atoms with Gasteiger partial charge in [0.2, 0.25) is 5.91 Å². The van der Waals surface area contributed by atoms with Gasteiger partial charge in [0, 0.05) is 24.7 Å². The first-order chi connectivity index (χ1) is 12.6. The van der Waals surface area contributed by atoms with Crippen LogP contribution in [0.4, 0.5) is 4.79 Å². The number of likely N-dealkylation sites (tertiary alicyclic amines) is 1. The van der Waals surface area contributed by atoms with E-state index < -0.39 is 6.04 Å². The lowest BCUT2D eigenvalue weighted by Crippen LogP contribution is -2.49. The summed E-state index contributed by atoms with van der Waals surface area (Å²) in [4.78, 5) is 26.6. The second-order valence-corrected chi connectivity index (χ2v) is 6.71. The number of benzene rings is 2. The number of hydrogen-bond donors (Lipinski definition) is 2. The summed E-state index contributed by atoms with van der Waals surface area (Å²) in [5, 5.41) is 6.41. The summed E-state index contributed by atoms with van der Waals surface area (Å²) in [7, 11) is 0. The highest BCUT2D eigenvalue weighted by Crippen LogP contribution is 2.19. The van der Waals surface area contributed by atoms with E-state index in [1.165, 1.54) is 0 Å². The third-order valence-corrected chi connectivity index (χ3v) is 4.88. The van der Waals surface area contributed by atoms with Gasteiger partial charge in [-0.05, 0) is 30.0 Å². The molecule has 136 valence electrons. The van der Waals surface area contributed by atoms with E-state index in [1.54, 1.807) is 11.0 Å². The van der Waals surface area contributed by atoms with E-state index in [9.17, 15) is 9.59 Å². The molecule has 5 nitrogen and oxygen atoms in total. The average molecular weight is 372 g/mol. The van der Waals surface area contributed by atoms with Gasteiger partial charge >= 0.3 is 6.03 Å². The highest BCUT2D eigenvalue weighted by molar-refractivity contribution is 6.31. The predicted octanol–water partition coefficient (Wildman–Crippen LogP) is 3.33. The highest BCUT2D eigenvalue weighted by Gasteiger charge is 2.33. The van der Waals surface area contributed by atoms with Crippen molar-refractivity contribution in [1.29, 1.82) is 0 Å². The fourth-order valence-electron chi connectivity index (χ4n) is 3.10. The minimum absolute atomic E-state index is 0.141. The van der Waals surface area contributed by atoms with Gasteiger partial charge in [0.15, 0.2) is 0 Å². The SMILES string of the molecule is O=C(NCc1ccccc1Cl)[C@@H]1CCCN1C(=O)NCc1ccccc1. The maximum Gasteiger partial charge on any atom is 0.318 e. The lowest BCUT2D eigenvalue weighted by molar-refractivity contribution is -0.124. The molecule has 6 heteroatoms. The molecule has 1 aliphatic heterocycles. The van der Waals surface area contributed by atoms with E-state index in [1.807, 2.05) is 48.5 Å². The van der Waals surface area contributed by atoms with Crippen LogP contribution in [-0.4, -0.2) is 29.4 Å². The second kappa shape index (κ2) is 8.72. The third-order valence-electron chi connectivity index (χ3n) is 4.51. The smallest absolute Gasteiger partial charge is 0.318 e. The molecule has 0 saturated carbocycles. The van der Waals surface area contributed by atoms with Crippen LogP contribution in [0.15, 0.2) is 54.6 Å². The van der Waals surface area contributed by atoms with E-state index in [-0.39, 0.29) is 11.9 Å². The minimum Gasteiger partial charge on any atom is -0.350 e. The molecule has 1 saturated heterocycles. The quantitative estimate of drug-likeness (QED) is 0.846. The van der Waals surface area contributed by atoms with E-state index in [4.69, 9.17) is 11.6 Å². The van der Waals surface area contributed by atoms with Crippen LogP contribution in [0, 0.1) is 0 Å². The molecule has 2 aromatic carbocycles. The molecule has 2 N–H and O–H groups in total. The molecular weight excluding hydrogens is 350 g/mol. The molecular formula is C20H22ClN3O2. The fourth-order valence-corrected chi connectivity index (χ4v) is 3.30. The number of nitrogens with one attached hydrogen (secondary N) is 2. The Bertz CT molecular complexity index is 767. The van der Waals surface area contributed by atoms with Gasteiger partial charge in [0.1, 0.15) is 6.04 Å². The van der Waals surface area contributed by atoms with Crippen molar-refractivity contribution >= 4 is 23.5 Å². The molecule has 3 rings (SSSR count). The van der Waals surface area contributed by atoms with E-state index in [0.717, 1.165) is 17.5 Å². The van der Waals surface area contributed by atoms with Crippen molar-refractivity contribution in [1.82, 2.24) is 15.5 Å². The van der Waals surface area contributed by atoms with Crippen molar-refractivity contribution in [2.75, 3.05) is 6.54 Å². The van der Waals surface area contributed by atoms with Gasteiger partial charge in [0.05, 0.1) is 0 Å². The summed E-state index contributed by atoms with van der Waals surface area (Å²) in [5.74, 6) is -0.141. The first-order valence-electron chi connectivity index (χ1n) is 8.74. The van der Waals surface area contributed by atoms with Crippen LogP contribution >= 0.6 is 11.6 Å². The van der Waals surface area contributed by atoms with Gasteiger partial charge in [-0.3, -0.25) is 4.79 Å². The molecule has 0 aromatic heterocycles. The number of carbonyl (C=O) groups excluding carboxylic acids is 2. The van der Waals surface area contributed by atoms with E-state index in [0.29, 0.717) is 31.1 Å². The van der Waals surface area contributed by atoms with Gasteiger partial charge < -0.3 is 15.5 Å². The van der Waals surface area contributed by atoms with Crippen LogP contribution in [0.25, 0.3) is 0 Å². The molecule has 0 bridgehead atoms. The van der Waals surface area contributed by atoms with Gasteiger partial charge in [-0.1, -0.05) is 60.1 Å². The lowest BCUT2D eigenvalue weighted by Gasteiger charge is -2.24. The predicted molar refractivity (Wildman–Crippen MR) is 102 cm³/mol. The molecule has 1 fully saturated rings. The summed E-state index contributed by atoms with van der Waals surface area (Å²) in [6, 6.07) is 16.5. The molecule has 0 aliphatic carbocycles. The molecule has 3 amide bonds. The van der Waals surface area contributed by atoms with Gasteiger partial charge in [-0.25, -0.2) is 4.79 Å². The molecule has 0 spiro atoms. The van der Waals surface area contributed by atoms with E-state index in [2.05, 4.69) is 10.6 Å². The van der Waals surface area contributed by atoms with Crippen LogP contribution in [0.5, 0.6) is 0 Å². The van der Waals surface area contributed by atoms with Crippen molar-refractivity contribution in [3.8, 4) is 0 Å². The zero-order valence-electron chi connectivity index (χ0n) is 14.5.